The molecule has 0 saturated heterocycles. The number of likely N-dealkylation sites (N-methyl/N-ethyl adjacent to an activating group) is 1. The Balaban J connectivity index is 1.84. The second-order valence-electron chi connectivity index (χ2n) is 4.96. The molecule has 108 valence electrons. The van der Waals surface area contributed by atoms with Crippen molar-refractivity contribution in [2.45, 2.75) is 0 Å². The number of para-hydroxylation sites is 1. The molecule has 0 aliphatic rings. The maximum atomic E-state index is 5.59. The minimum absolute atomic E-state index is 0.525. The van der Waals surface area contributed by atoms with E-state index < -0.39 is 0 Å². The molecule has 0 aliphatic carbocycles. The fourth-order valence-corrected chi connectivity index (χ4v) is 1.96. The number of nitrogens with zero attached hydrogens (tertiary/aromatic N) is 5. The van der Waals surface area contributed by atoms with Crippen LogP contribution >= 0.6 is 0 Å². The molecular formula is C15H17N5O. The Labute approximate surface area is 123 Å². The first-order valence-electron chi connectivity index (χ1n) is 6.78. The smallest absolute Gasteiger partial charge is 0.233 e. The van der Waals surface area contributed by atoms with E-state index in [1.165, 1.54) is 0 Å². The molecular weight excluding hydrogens is 266 g/mol. The van der Waals surface area contributed by atoms with Gasteiger partial charge in [-0.1, -0.05) is 18.2 Å². The number of benzene rings is 1. The highest BCUT2D eigenvalue weighted by Gasteiger charge is 2.08. The minimum atomic E-state index is 0.525. The molecule has 1 aromatic carbocycles. The zero-order chi connectivity index (χ0) is 14.7. The number of aromatic nitrogens is 4. The van der Waals surface area contributed by atoms with E-state index in [1.807, 2.05) is 44.4 Å². The van der Waals surface area contributed by atoms with E-state index in [9.17, 15) is 0 Å². The Hall–Kier alpha value is -2.47. The van der Waals surface area contributed by atoms with Gasteiger partial charge in [-0.3, -0.25) is 0 Å². The van der Waals surface area contributed by atoms with E-state index in [0.717, 1.165) is 23.4 Å². The first-order valence-corrected chi connectivity index (χ1v) is 6.78. The van der Waals surface area contributed by atoms with Crippen LogP contribution in [0.1, 0.15) is 0 Å². The molecule has 3 rings (SSSR count). The lowest BCUT2D eigenvalue weighted by atomic mass is 10.3. The first-order chi connectivity index (χ1) is 10.2. The van der Waals surface area contributed by atoms with Gasteiger partial charge in [-0.15, -0.1) is 0 Å². The third kappa shape index (κ3) is 3.00. The molecule has 0 spiro atoms. The molecule has 0 bridgehead atoms. The number of fused-ring (bicyclic) bond motifs is 1. The molecule has 3 aromatic rings. The van der Waals surface area contributed by atoms with E-state index in [0.29, 0.717) is 12.5 Å². The number of rotatable bonds is 5. The van der Waals surface area contributed by atoms with Gasteiger partial charge in [0, 0.05) is 6.54 Å². The van der Waals surface area contributed by atoms with Crippen molar-refractivity contribution in [1.29, 1.82) is 0 Å². The van der Waals surface area contributed by atoms with Crippen LogP contribution in [0.3, 0.4) is 0 Å². The summed E-state index contributed by atoms with van der Waals surface area (Å²) in [7, 11) is 4.00. The van der Waals surface area contributed by atoms with Crippen LogP contribution in [-0.2, 0) is 0 Å². The van der Waals surface area contributed by atoms with Crippen molar-refractivity contribution in [3.8, 4) is 11.6 Å². The average molecular weight is 283 g/mol. The number of hydrogen-bond donors (Lipinski definition) is 0. The maximum absolute atomic E-state index is 5.59. The van der Waals surface area contributed by atoms with Crippen LogP contribution in [0.25, 0.3) is 16.9 Å². The summed E-state index contributed by atoms with van der Waals surface area (Å²) in [5.41, 5.74) is 2.41. The monoisotopic (exact) mass is 283 g/mol. The summed E-state index contributed by atoms with van der Waals surface area (Å²) in [5.74, 6) is 0.525. The lowest BCUT2D eigenvalue weighted by Gasteiger charge is -2.10. The molecule has 2 heterocycles. The molecule has 0 aliphatic heterocycles. The Kier molecular flexibility index (Phi) is 3.79. The lowest BCUT2D eigenvalue weighted by Crippen LogP contribution is -2.19. The molecule has 0 saturated carbocycles. The summed E-state index contributed by atoms with van der Waals surface area (Å²) < 4.78 is 7.36. The molecule has 0 radical (unpaired) electrons. The SMILES string of the molecule is CN(C)CCOc1cnc2c(cnn2-c2ccccc2)n1. The van der Waals surface area contributed by atoms with E-state index in [4.69, 9.17) is 4.74 Å². The van der Waals surface area contributed by atoms with E-state index in [-0.39, 0.29) is 0 Å². The van der Waals surface area contributed by atoms with Crippen LogP contribution in [-0.4, -0.2) is 51.9 Å². The van der Waals surface area contributed by atoms with E-state index in [1.54, 1.807) is 17.1 Å². The van der Waals surface area contributed by atoms with Crippen LogP contribution in [0, 0.1) is 0 Å². The average Bonchev–Trinajstić information content (AvgIpc) is 2.91. The van der Waals surface area contributed by atoms with Crippen LogP contribution in [0.4, 0.5) is 0 Å². The second kappa shape index (κ2) is 5.88. The summed E-state index contributed by atoms with van der Waals surface area (Å²) >= 11 is 0. The fourth-order valence-electron chi connectivity index (χ4n) is 1.96. The second-order valence-corrected chi connectivity index (χ2v) is 4.96. The Morgan fingerprint density at radius 3 is 2.71 bits per heavy atom. The van der Waals surface area contributed by atoms with E-state index in [2.05, 4.69) is 20.0 Å². The van der Waals surface area contributed by atoms with Gasteiger partial charge < -0.3 is 9.64 Å². The Bertz CT molecular complexity index is 723. The molecule has 0 atom stereocenters. The standard InChI is InChI=1S/C15H17N5O/c1-19(2)8-9-21-14-11-16-15-13(18-14)10-17-20(15)12-6-4-3-5-7-12/h3-7,10-11H,8-9H2,1-2H3. The van der Waals surface area contributed by atoms with Gasteiger partial charge in [-0.2, -0.15) is 5.10 Å². The maximum Gasteiger partial charge on any atom is 0.233 e. The Morgan fingerprint density at radius 1 is 1.14 bits per heavy atom. The topological polar surface area (TPSA) is 56.1 Å². The predicted molar refractivity (Wildman–Crippen MR) is 80.7 cm³/mol. The molecule has 0 unspecified atom stereocenters. The molecule has 0 fully saturated rings. The summed E-state index contributed by atoms with van der Waals surface area (Å²) in [6.07, 6.45) is 3.34. The number of ether oxygens (including phenoxy) is 1. The van der Waals surface area contributed by atoms with Gasteiger partial charge in [0.15, 0.2) is 5.65 Å². The fraction of sp³-hybridized carbons (Fsp3) is 0.267. The van der Waals surface area contributed by atoms with Crippen molar-refractivity contribution in [2.24, 2.45) is 0 Å². The van der Waals surface area contributed by atoms with Gasteiger partial charge in [0.2, 0.25) is 5.88 Å². The van der Waals surface area contributed by atoms with Gasteiger partial charge >= 0.3 is 0 Å². The quantitative estimate of drug-likeness (QED) is 0.714. The van der Waals surface area contributed by atoms with Crippen LogP contribution in [0.15, 0.2) is 42.7 Å². The van der Waals surface area contributed by atoms with Gasteiger partial charge in [-0.25, -0.2) is 14.6 Å². The summed E-state index contributed by atoms with van der Waals surface area (Å²) in [5, 5.41) is 4.34. The van der Waals surface area contributed by atoms with Crippen LogP contribution in [0.5, 0.6) is 5.88 Å². The zero-order valence-corrected chi connectivity index (χ0v) is 12.1. The van der Waals surface area contributed by atoms with Gasteiger partial charge in [0.25, 0.3) is 0 Å². The minimum Gasteiger partial charge on any atom is -0.475 e. The van der Waals surface area contributed by atoms with Crippen LogP contribution in [0.2, 0.25) is 0 Å². The summed E-state index contributed by atoms with van der Waals surface area (Å²) in [4.78, 5) is 10.9. The highest BCUT2D eigenvalue weighted by atomic mass is 16.5. The number of hydrogen-bond acceptors (Lipinski definition) is 5. The van der Waals surface area contributed by atoms with Gasteiger partial charge in [-0.05, 0) is 26.2 Å². The third-order valence-corrected chi connectivity index (χ3v) is 3.04. The third-order valence-electron chi connectivity index (χ3n) is 3.04. The largest absolute Gasteiger partial charge is 0.475 e. The van der Waals surface area contributed by atoms with Crippen molar-refractivity contribution < 1.29 is 4.74 Å². The summed E-state index contributed by atoms with van der Waals surface area (Å²) in [6, 6.07) is 9.87. The molecule has 0 amide bonds. The van der Waals surface area contributed by atoms with Gasteiger partial charge in [0.1, 0.15) is 12.1 Å². The first kappa shape index (κ1) is 13.5. The molecule has 21 heavy (non-hydrogen) atoms. The van der Waals surface area contributed by atoms with Crippen molar-refractivity contribution >= 4 is 11.2 Å². The highest BCUT2D eigenvalue weighted by molar-refractivity contribution is 5.71. The normalized spacial score (nSPS) is 11.2. The van der Waals surface area contributed by atoms with Crippen molar-refractivity contribution in [2.75, 3.05) is 27.2 Å². The lowest BCUT2D eigenvalue weighted by molar-refractivity contribution is 0.254. The highest BCUT2D eigenvalue weighted by Crippen LogP contribution is 2.17. The van der Waals surface area contributed by atoms with E-state index >= 15 is 0 Å². The van der Waals surface area contributed by atoms with Gasteiger partial charge in [0.05, 0.1) is 18.1 Å². The summed E-state index contributed by atoms with van der Waals surface area (Å²) in [6.45, 7) is 1.42. The van der Waals surface area contributed by atoms with Crippen molar-refractivity contribution in [3.63, 3.8) is 0 Å². The zero-order valence-electron chi connectivity index (χ0n) is 12.1. The molecule has 6 heteroatoms. The molecule has 2 aromatic heterocycles. The Morgan fingerprint density at radius 2 is 1.95 bits per heavy atom. The van der Waals surface area contributed by atoms with Crippen molar-refractivity contribution in [3.05, 3.63) is 42.7 Å². The predicted octanol–water partition coefficient (Wildman–Crippen LogP) is 1.76. The van der Waals surface area contributed by atoms with Crippen LogP contribution < -0.4 is 4.74 Å². The molecule has 0 N–H and O–H groups in total. The molecule has 6 nitrogen and oxygen atoms in total. The van der Waals surface area contributed by atoms with Crippen molar-refractivity contribution in [1.82, 2.24) is 24.6 Å².